The van der Waals surface area contributed by atoms with Crippen LogP contribution < -0.4 is 5.32 Å². The van der Waals surface area contributed by atoms with Crippen LogP contribution in [0.3, 0.4) is 0 Å². The minimum atomic E-state index is 0. The average Bonchev–Trinajstić information content (AvgIpc) is 2.80. The summed E-state index contributed by atoms with van der Waals surface area (Å²) in [6.45, 7) is 19.3. The van der Waals surface area contributed by atoms with E-state index in [4.69, 9.17) is 0 Å². The minimum Gasteiger partial charge on any atom is -0.309 e. The Hall–Kier alpha value is -2.38. The van der Waals surface area contributed by atoms with Crippen LogP contribution in [0.5, 0.6) is 0 Å². The highest BCUT2D eigenvalue weighted by molar-refractivity contribution is 5.51. The Labute approximate surface area is 198 Å². The number of fused-ring (bicyclic) bond motifs is 1. The molecule has 1 heteroatoms. The van der Waals surface area contributed by atoms with Gasteiger partial charge in [0.15, 0.2) is 0 Å². The molecule has 1 heterocycles. The summed E-state index contributed by atoms with van der Waals surface area (Å²) in [5, 5.41) is 3.64. The average molecular weight is 432 g/mol. The van der Waals surface area contributed by atoms with Crippen molar-refractivity contribution in [1.29, 1.82) is 0 Å². The topological polar surface area (TPSA) is 12.0 Å². The minimum absolute atomic E-state index is 0. The lowest BCUT2D eigenvalue weighted by molar-refractivity contribution is 0.437. The van der Waals surface area contributed by atoms with Crippen LogP contribution in [-0.2, 0) is 12.8 Å². The van der Waals surface area contributed by atoms with Gasteiger partial charge in [0.05, 0.1) is 0 Å². The van der Waals surface area contributed by atoms with Gasteiger partial charge in [0.2, 0.25) is 0 Å². The summed E-state index contributed by atoms with van der Waals surface area (Å²) in [5.41, 5.74) is 7.98. The van der Waals surface area contributed by atoms with Crippen molar-refractivity contribution in [3.8, 4) is 0 Å². The molecule has 2 aromatic rings. The van der Waals surface area contributed by atoms with Crippen molar-refractivity contribution in [2.45, 2.75) is 71.8 Å². The fourth-order valence-corrected chi connectivity index (χ4v) is 4.67. The first-order valence-corrected chi connectivity index (χ1v) is 12.3. The molecule has 0 aliphatic carbocycles. The van der Waals surface area contributed by atoms with Gasteiger partial charge in [0.25, 0.3) is 0 Å². The van der Waals surface area contributed by atoms with E-state index in [1.165, 1.54) is 65.5 Å². The summed E-state index contributed by atoms with van der Waals surface area (Å²) >= 11 is 0. The zero-order valence-corrected chi connectivity index (χ0v) is 20.6. The molecule has 0 saturated carbocycles. The molecule has 0 radical (unpaired) electrons. The fraction of sp³-hybridized carbons (Fsp3) is 0.419. The quantitative estimate of drug-likeness (QED) is 0.370. The second kappa shape index (κ2) is 13.9. The highest BCUT2D eigenvalue weighted by Gasteiger charge is 2.19. The van der Waals surface area contributed by atoms with Gasteiger partial charge in [-0.25, -0.2) is 0 Å². The van der Waals surface area contributed by atoms with E-state index in [9.17, 15) is 0 Å². The third-order valence-electron chi connectivity index (χ3n) is 6.25. The highest BCUT2D eigenvalue weighted by Crippen LogP contribution is 2.27. The predicted molar refractivity (Wildman–Crippen MR) is 146 cm³/mol. The van der Waals surface area contributed by atoms with Gasteiger partial charge in [-0.3, -0.25) is 0 Å². The van der Waals surface area contributed by atoms with E-state index < -0.39 is 0 Å². The Morgan fingerprint density at radius 1 is 1.03 bits per heavy atom. The summed E-state index contributed by atoms with van der Waals surface area (Å²) in [4.78, 5) is 0. The zero-order valence-electron chi connectivity index (χ0n) is 20.6. The van der Waals surface area contributed by atoms with E-state index >= 15 is 0 Å². The van der Waals surface area contributed by atoms with Crippen LogP contribution in [0.2, 0.25) is 0 Å². The third-order valence-corrected chi connectivity index (χ3v) is 6.25. The summed E-state index contributed by atoms with van der Waals surface area (Å²) < 4.78 is 0. The molecule has 0 saturated heterocycles. The summed E-state index contributed by atoms with van der Waals surface area (Å²) in [7, 11) is 0. The highest BCUT2D eigenvalue weighted by atomic mass is 14.9. The monoisotopic (exact) mass is 431 g/mol. The molecule has 174 valence electrons. The van der Waals surface area contributed by atoms with E-state index in [-0.39, 0.29) is 1.43 Å². The Morgan fingerprint density at radius 3 is 2.22 bits per heavy atom. The molecule has 3 rings (SSSR count). The maximum absolute atomic E-state index is 3.96. The van der Waals surface area contributed by atoms with Crippen molar-refractivity contribution in [2.75, 3.05) is 6.54 Å². The number of hydrogen-bond donors (Lipinski definition) is 1. The third kappa shape index (κ3) is 8.28. The molecule has 0 aromatic heterocycles. The molecule has 0 fully saturated rings. The van der Waals surface area contributed by atoms with Crippen LogP contribution in [0.25, 0.3) is 12.2 Å². The Balaban J connectivity index is 0.000000391. The van der Waals surface area contributed by atoms with E-state index in [1.54, 1.807) is 0 Å². The lowest BCUT2D eigenvalue weighted by atomic mass is 9.89. The van der Waals surface area contributed by atoms with Gasteiger partial charge in [0, 0.05) is 7.47 Å². The van der Waals surface area contributed by atoms with Gasteiger partial charge < -0.3 is 5.32 Å². The first-order chi connectivity index (χ1) is 15.5. The molecule has 0 bridgehead atoms. The lowest BCUT2D eigenvalue weighted by Gasteiger charge is -2.27. The molecular weight excluding hydrogens is 386 g/mol. The maximum atomic E-state index is 3.96. The second-order valence-electron chi connectivity index (χ2n) is 9.17. The summed E-state index contributed by atoms with van der Waals surface area (Å²) in [5.74, 6) is 0.905. The number of hydrogen-bond acceptors (Lipinski definition) is 1. The van der Waals surface area contributed by atoms with Gasteiger partial charge in [-0.1, -0.05) is 113 Å². The van der Waals surface area contributed by atoms with Crippen LogP contribution in [0, 0.1) is 5.92 Å². The standard InChI is InChI=1S/C20H21N.C11H22.H2/c1-3-15-5-7-17(8-6-15)14-20-19-10-9-16(4-2)13-18(19)11-12-21-20;1-5-7-11(8-6-2)9-10(3)4;/h3-10,13,20-21H,1-2,11-12,14H2;11H,3,5-9H2,1-2,4H3;1H. The molecule has 1 N–H and O–H groups in total. The number of rotatable bonds is 10. The van der Waals surface area contributed by atoms with Crippen LogP contribution in [-0.4, -0.2) is 6.54 Å². The van der Waals surface area contributed by atoms with Crippen molar-refractivity contribution >= 4 is 12.2 Å². The number of nitrogens with one attached hydrogen (secondary N) is 1. The molecule has 1 nitrogen and oxygen atoms in total. The Morgan fingerprint density at radius 2 is 1.66 bits per heavy atom. The van der Waals surface area contributed by atoms with Gasteiger partial charge in [-0.2, -0.15) is 0 Å². The molecule has 2 aromatic carbocycles. The summed E-state index contributed by atoms with van der Waals surface area (Å²) in [6, 6.07) is 15.8. The van der Waals surface area contributed by atoms with Crippen molar-refractivity contribution < 1.29 is 1.43 Å². The van der Waals surface area contributed by atoms with Crippen molar-refractivity contribution in [1.82, 2.24) is 5.32 Å². The first kappa shape index (κ1) is 25.9. The Kier molecular flexibility index (Phi) is 11.2. The number of benzene rings is 2. The van der Waals surface area contributed by atoms with Crippen LogP contribution >= 0.6 is 0 Å². The molecule has 0 amide bonds. The molecule has 0 spiro atoms. The molecular formula is C31H45N. The van der Waals surface area contributed by atoms with Crippen molar-refractivity contribution in [3.63, 3.8) is 0 Å². The van der Waals surface area contributed by atoms with Crippen LogP contribution in [0.4, 0.5) is 0 Å². The van der Waals surface area contributed by atoms with Gasteiger partial charge in [-0.15, -0.1) is 6.58 Å². The second-order valence-corrected chi connectivity index (χ2v) is 9.17. The largest absolute Gasteiger partial charge is 0.309 e. The Bertz CT molecular complexity index is 859. The predicted octanol–water partition coefficient (Wildman–Crippen LogP) is 8.82. The van der Waals surface area contributed by atoms with Crippen LogP contribution in [0.15, 0.2) is 67.8 Å². The van der Waals surface area contributed by atoms with E-state index in [1.807, 2.05) is 12.2 Å². The lowest BCUT2D eigenvalue weighted by Crippen LogP contribution is -2.31. The van der Waals surface area contributed by atoms with Gasteiger partial charge in [-0.05, 0) is 66.5 Å². The van der Waals surface area contributed by atoms with Crippen molar-refractivity contribution in [3.05, 3.63) is 95.6 Å². The molecule has 1 aliphatic rings. The van der Waals surface area contributed by atoms with E-state index in [0.717, 1.165) is 25.3 Å². The normalized spacial score (nSPS) is 14.8. The molecule has 1 aliphatic heterocycles. The van der Waals surface area contributed by atoms with Crippen LogP contribution in [0.1, 0.15) is 88.2 Å². The summed E-state index contributed by atoms with van der Waals surface area (Å²) in [6.07, 6.45) is 12.6. The number of allylic oxidation sites excluding steroid dienone is 1. The molecule has 1 atom stereocenters. The smallest absolute Gasteiger partial charge is 0.0363 e. The molecule has 32 heavy (non-hydrogen) atoms. The fourth-order valence-electron chi connectivity index (χ4n) is 4.67. The SMILES string of the molecule is C=C(C)CC(CCC)CCC.C=Cc1ccc(CC2NCCc3cc(C=C)ccc32)cc1.[HH]. The first-order valence-electron chi connectivity index (χ1n) is 12.3. The van der Waals surface area contributed by atoms with Gasteiger partial charge >= 0.3 is 0 Å². The maximum Gasteiger partial charge on any atom is 0.0363 e. The van der Waals surface area contributed by atoms with Gasteiger partial charge in [0.1, 0.15) is 0 Å². The van der Waals surface area contributed by atoms with Crippen molar-refractivity contribution in [2.24, 2.45) is 5.92 Å². The van der Waals surface area contributed by atoms with E-state index in [0.29, 0.717) is 6.04 Å². The zero-order chi connectivity index (χ0) is 23.3. The molecule has 1 unspecified atom stereocenters. The van der Waals surface area contributed by atoms with E-state index in [2.05, 4.69) is 88.3 Å².